The van der Waals surface area contributed by atoms with Crippen LogP contribution in [0.3, 0.4) is 0 Å². The highest BCUT2D eigenvalue weighted by molar-refractivity contribution is 6.38. The number of nitrogens with one attached hydrogen (secondary N) is 1. The molecule has 0 aliphatic heterocycles. The van der Waals surface area contributed by atoms with Gasteiger partial charge in [0.25, 0.3) is 11.6 Å². The van der Waals surface area contributed by atoms with E-state index >= 15 is 0 Å². The van der Waals surface area contributed by atoms with E-state index in [1.165, 1.54) is 0 Å². The van der Waals surface area contributed by atoms with Crippen LogP contribution in [0.2, 0.25) is 10.3 Å². The van der Waals surface area contributed by atoms with Gasteiger partial charge >= 0.3 is 0 Å². The van der Waals surface area contributed by atoms with Gasteiger partial charge in [0.05, 0.1) is 4.92 Å². The Hall–Kier alpha value is -2.32. The van der Waals surface area contributed by atoms with Crippen LogP contribution in [0.4, 0.5) is 15.8 Å². The molecule has 1 heterocycles. The van der Waals surface area contributed by atoms with Crippen molar-refractivity contribution in [2.24, 2.45) is 0 Å². The van der Waals surface area contributed by atoms with Crippen molar-refractivity contribution in [3.63, 3.8) is 0 Å². The lowest BCUT2D eigenvalue weighted by Gasteiger charge is -2.08. The molecule has 10 heteroatoms. The fourth-order valence-electron chi connectivity index (χ4n) is 1.48. The predicted molar refractivity (Wildman–Crippen MR) is 73.1 cm³/mol. The Morgan fingerprint density at radius 1 is 1.29 bits per heavy atom. The first-order valence-electron chi connectivity index (χ1n) is 5.31. The third-order valence-corrected chi connectivity index (χ3v) is 2.97. The van der Waals surface area contributed by atoms with Crippen LogP contribution < -0.4 is 5.32 Å². The van der Waals surface area contributed by atoms with Gasteiger partial charge in [0, 0.05) is 6.07 Å². The highest BCUT2D eigenvalue weighted by Crippen LogP contribution is 2.27. The summed E-state index contributed by atoms with van der Waals surface area (Å²) in [5.74, 6) is -1.76. The Bertz CT molecular complexity index is 721. The first-order chi connectivity index (χ1) is 9.90. The maximum atomic E-state index is 13.2. The van der Waals surface area contributed by atoms with Gasteiger partial charge in [0.2, 0.25) is 0 Å². The van der Waals surface area contributed by atoms with Gasteiger partial charge in [-0.15, -0.1) is 0 Å². The first kappa shape index (κ1) is 15.1. The molecule has 2 rings (SSSR count). The third-order valence-electron chi connectivity index (χ3n) is 2.39. The lowest BCUT2D eigenvalue weighted by Crippen LogP contribution is -2.15. The minimum atomic E-state index is -0.959. The minimum Gasteiger partial charge on any atom is -0.317 e. The molecule has 0 radical (unpaired) electrons. The molecule has 7 nitrogen and oxygen atoms in total. The Balaban J connectivity index is 2.41. The number of carbonyl (C=O) groups excluding carboxylic acids is 1. The fraction of sp³-hybridized carbons (Fsp3) is 0. The number of nitro groups is 1. The Morgan fingerprint density at radius 3 is 2.48 bits per heavy atom. The molecule has 0 fully saturated rings. The highest BCUT2D eigenvalue weighted by atomic mass is 35.5. The van der Waals surface area contributed by atoms with E-state index in [1.807, 2.05) is 0 Å². The van der Waals surface area contributed by atoms with Gasteiger partial charge in [-0.25, -0.2) is 14.4 Å². The molecule has 0 atom stereocenters. The Kier molecular flexibility index (Phi) is 4.29. The van der Waals surface area contributed by atoms with Gasteiger partial charge in [-0.2, -0.15) is 0 Å². The van der Waals surface area contributed by atoms with Gasteiger partial charge in [0.1, 0.15) is 23.4 Å². The van der Waals surface area contributed by atoms with Gasteiger partial charge < -0.3 is 5.32 Å². The molecule has 1 aromatic heterocycles. The van der Waals surface area contributed by atoms with Crippen LogP contribution in [-0.2, 0) is 0 Å². The van der Waals surface area contributed by atoms with E-state index in [2.05, 4.69) is 15.3 Å². The zero-order valence-electron chi connectivity index (χ0n) is 10.0. The number of benzene rings is 1. The normalized spacial score (nSPS) is 10.2. The van der Waals surface area contributed by atoms with E-state index in [1.54, 1.807) is 0 Å². The molecule has 0 bridgehead atoms. The standard InChI is InChI=1S/C11H5Cl2FN4O3/c12-9-8(10(13)16-4-15-9)17-11(19)6-3-5(14)1-2-7(6)18(20)21/h1-4H,(H,17,19). The summed E-state index contributed by atoms with van der Waals surface area (Å²) in [5.41, 5.74) is -1.15. The van der Waals surface area contributed by atoms with E-state index in [0.29, 0.717) is 0 Å². The Morgan fingerprint density at radius 2 is 1.90 bits per heavy atom. The van der Waals surface area contributed by atoms with Crippen LogP contribution in [0.1, 0.15) is 10.4 Å². The number of carbonyl (C=O) groups is 1. The van der Waals surface area contributed by atoms with Crippen molar-refractivity contribution in [1.82, 2.24) is 9.97 Å². The number of anilines is 1. The predicted octanol–water partition coefficient (Wildman–Crippen LogP) is 3.08. The largest absolute Gasteiger partial charge is 0.317 e. The number of aromatic nitrogens is 2. The number of hydrogen-bond acceptors (Lipinski definition) is 5. The van der Waals surface area contributed by atoms with Crippen LogP contribution in [0.15, 0.2) is 24.5 Å². The first-order valence-corrected chi connectivity index (χ1v) is 6.07. The summed E-state index contributed by atoms with van der Waals surface area (Å²) >= 11 is 11.5. The molecule has 1 aromatic carbocycles. The van der Waals surface area contributed by atoms with E-state index in [9.17, 15) is 19.3 Å². The summed E-state index contributed by atoms with van der Waals surface area (Å²) < 4.78 is 13.2. The van der Waals surface area contributed by atoms with Crippen molar-refractivity contribution in [2.45, 2.75) is 0 Å². The lowest BCUT2D eigenvalue weighted by molar-refractivity contribution is -0.385. The second-order valence-corrected chi connectivity index (χ2v) is 4.42. The van der Waals surface area contributed by atoms with Gasteiger partial charge in [-0.3, -0.25) is 14.9 Å². The van der Waals surface area contributed by atoms with Crippen molar-refractivity contribution in [3.05, 3.63) is 56.3 Å². The molecule has 1 N–H and O–H groups in total. The molecule has 108 valence electrons. The van der Waals surface area contributed by atoms with Crippen molar-refractivity contribution in [3.8, 4) is 0 Å². The summed E-state index contributed by atoms with van der Waals surface area (Å²) in [6.45, 7) is 0. The van der Waals surface area contributed by atoms with E-state index in [0.717, 1.165) is 24.5 Å². The summed E-state index contributed by atoms with van der Waals surface area (Å²) in [5, 5.41) is 12.8. The van der Waals surface area contributed by atoms with E-state index in [4.69, 9.17) is 23.2 Å². The number of rotatable bonds is 3. The van der Waals surface area contributed by atoms with Crippen LogP contribution in [0.25, 0.3) is 0 Å². The van der Waals surface area contributed by atoms with Crippen LogP contribution in [0.5, 0.6) is 0 Å². The molecule has 0 aliphatic carbocycles. The zero-order chi connectivity index (χ0) is 15.6. The van der Waals surface area contributed by atoms with Gasteiger partial charge in [-0.05, 0) is 12.1 Å². The molecule has 21 heavy (non-hydrogen) atoms. The number of nitro benzene ring substituents is 1. The average Bonchev–Trinajstić information content (AvgIpc) is 2.42. The zero-order valence-corrected chi connectivity index (χ0v) is 11.5. The molecule has 1 amide bonds. The number of halogens is 3. The minimum absolute atomic E-state index is 0.121. The maximum Gasteiger partial charge on any atom is 0.282 e. The number of nitrogens with zero attached hydrogens (tertiary/aromatic N) is 3. The maximum absolute atomic E-state index is 13.2. The summed E-state index contributed by atoms with van der Waals surface area (Å²) in [7, 11) is 0. The van der Waals surface area contributed by atoms with Crippen molar-refractivity contribution in [2.75, 3.05) is 5.32 Å². The fourth-order valence-corrected chi connectivity index (χ4v) is 1.89. The smallest absolute Gasteiger partial charge is 0.282 e. The van der Waals surface area contributed by atoms with E-state index in [-0.39, 0.29) is 16.0 Å². The van der Waals surface area contributed by atoms with E-state index < -0.39 is 27.9 Å². The second kappa shape index (κ2) is 5.98. The molecule has 0 saturated heterocycles. The number of hydrogen-bond donors (Lipinski definition) is 1. The van der Waals surface area contributed by atoms with Crippen LogP contribution in [-0.4, -0.2) is 20.8 Å². The molecule has 0 spiro atoms. The monoisotopic (exact) mass is 330 g/mol. The lowest BCUT2D eigenvalue weighted by atomic mass is 10.1. The molecule has 0 saturated carbocycles. The summed E-state index contributed by atoms with van der Waals surface area (Å²) in [6.07, 6.45) is 1.07. The number of amides is 1. The summed E-state index contributed by atoms with van der Waals surface area (Å²) in [4.78, 5) is 29.3. The molecule has 0 unspecified atom stereocenters. The quantitative estimate of drug-likeness (QED) is 0.529. The van der Waals surface area contributed by atoms with Crippen LogP contribution in [0, 0.1) is 15.9 Å². The van der Waals surface area contributed by atoms with Crippen LogP contribution >= 0.6 is 23.2 Å². The Labute approximate surface area is 126 Å². The molecular weight excluding hydrogens is 326 g/mol. The molecule has 0 aliphatic rings. The van der Waals surface area contributed by atoms with Gasteiger partial charge in [0.15, 0.2) is 10.3 Å². The topological polar surface area (TPSA) is 98.0 Å². The highest BCUT2D eigenvalue weighted by Gasteiger charge is 2.22. The van der Waals surface area contributed by atoms with Gasteiger partial charge in [-0.1, -0.05) is 23.2 Å². The van der Waals surface area contributed by atoms with Crippen molar-refractivity contribution in [1.29, 1.82) is 0 Å². The third kappa shape index (κ3) is 3.23. The van der Waals surface area contributed by atoms with Crippen molar-refractivity contribution >= 4 is 40.5 Å². The second-order valence-electron chi connectivity index (χ2n) is 3.70. The average molecular weight is 331 g/mol. The summed E-state index contributed by atoms with van der Waals surface area (Å²) in [6, 6.07) is 2.49. The molecular formula is C11H5Cl2FN4O3. The molecule has 2 aromatic rings. The SMILES string of the molecule is O=C(Nc1c(Cl)ncnc1Cl)c1cc(F)ccc1[N+](=O)[O-]. The van der Waals surface area contributed by atoms with Crippen molar-refractivity contribution < 1.29 is 14.1 Å².